The van der Waals surface area contributed by atoms with Crippen LogP contribution in [0.4, 0.5) is 11.4 Å². The van der Waals surface area contributed by atoms with Crippen molar-refractivity contribution in [1.82, 2.24) is 10.3 Å². The van der Waals surface area contributed by atoms with Gasteiger partial charge >= 0.3 is 0 Å². The number of rotatable bonds is 3. The summed E-state index contributed by atoms with van der Waals surface area (Å²) in [5.74, 6) is -0.196. The van der Waals surface area contributed by atoms with Gasteiger partial charge in [0.15, 0.2) is 5.17 Å². The molecule has 2 fully saturated rings. The summed E-state index contributed by atoms with van der Waals surface area (Å²) in [7, 11) is 0. The van der Waals surface area contributed by atoms with Crippen molar-refractivity contribution in [2.45, 2.75) is 12.8 Å². The summed E-state index contributed by atoms with van der Waals surface area (Å²) >= 11 is 13.7. The Morgan fingerprint density at radius 3 is 2.65 bits per heavy atom. The van der Waals surface area contributed by atoms with Crippen LogP contribution in [0.25, 0.3) is 17.0 Å². The quantitative estimate of drug-likeness (QED) is 0.476. The fourth-order valence-electron chi connectivity index (χ4n) is 3.80. The Labute approximate surface area is 194 Å². The van der Waals surface area contributed by atoms with Gasteiger partial charge in [-0.25, -0.2) is 4.99 Å². The van der Waals surface area contributed by atoms with Gasteiger partial charge < -0.3 is 10.2 Å². The Morgan fingerprint density at radius 2 is 1.87 bits per heavy atom. The van der Waals surface area contributed by atoms with E-state index in [0.717, 1.165) is 29.6 Å². The number of hydrogen-bond acceptors (Lipinski definition) is 5. The molecule has 31 heavy (non-hydrogen) atoms. The fourth-order valence-corrected chi connectivity index (χ4v) is 5.11. The maximum Gasteiger partial charge on any atom is 0.264 e. The average molecular weight is 469 g/mol. The summed E-state index contributed by atoms with van der Waals surface area (Å²) in [5, 5.41) is 5.20. The van der Waals surface area contributed by atoms with Crippen LogP contribution < -0.4 is 10.2 Å². The zero-order valence-corrected chi connectivity index (χ0v) is 18.8. The van der Waals surface area contributed by atoms with Gasteiger partial charge in [0.25, 0.3) is 5.91 Å². The number of anilines is 1. The third-order valence-corrected chi connectivity index (χ3v) is 6.81. The molecule has 2 saturated heterocycles. The van der Waals surface area contributed by atoms with Crippen molar-refractivity contribution in [3.8, 4) is 0 Å². The topological polar surface area (TPSA) is 57.6 Å². The van der Waals surface area contributed by atoms with Gasteiger partial charge in [-0.15, -0.1) is 0 Å². The van der Waals surface area contributed by atoms with E-state index < -0.39 is 0 Å². The largest absolute Gasteiger partial charge is 0.371 e. The monoisotopic (exact) mass is 468 g/mol. The maximum atomic E-state index is 12.5. The first-order chi connectivity index (χ1) is 15.1. The Balaban J connectivity index is 1.47. The molecular weight excluding hydrogens is 451 g/mol. The number of carbonyl (C=O) groups excluding carboxylic acids is 1. The highest BCUT2D eigenvalue weighted by atomic mass is 35.5. The second-order valence-corrected chi connectivity index (χ2v) is 9.20. The Bertz CT molecular complexity index is 1230. The van der Waals surface area contributed by atoms with Crippen LogP contribution in [0.1, 0.15) is 18.4 Å². The zero-order valence-electron chi connectivity index (χ0n) is 16.4. The number of fused-ring (bicyclic) bond motifs is 1. The van der Waals surface area contributed by atoms with Crippen molar-refractivity contribution < 1.29 is 4.79 Å². The lowest BCUT2D eigenvalue weighted by Crippen LogP contribution is -2.19. The minimum absolute atomic E-state index is 0.196. The Hall–Kier alpha value is -2.54. The molecule has 0 aliphatic carbocycles. The molecular formula is C23H18Cl2N4OS. The van der Waals surface area contributed by atoms with Gasteiger partial charge in [-0.2, -0.15) is 0 Å². The van der Waals surface area contributed by atoms with E-state index in [9.17, 15) is 4.79 Å². The standard InChI is InChI=1S/C23H18Cl2N4OS/c24-16-4-3-5-17(25)21(16)27-23-28-22(30)20(31-23)13-14-6-7-18-15(12-14)19(8-9-26-18)29-10-1-2-11-29/h3-9,12-13H,1-2,10-11H2,(H,27,28,30). The van der Waals surface area contributed by atoms with Crippen LogP contribution in [0.15, 0.2) is 58.6 Å². The molecule has 5 nitrogen and oxygen atoms in total. The minimum atomic E-state index is -0.196. The maximum absolute atomic E-state index is 12.5. The Kier molecular flexibility index (Phi) is 5.61. The lowest BCUT2D eigenvalue weighted by Gasteiger charge is -2.19. The first-order valence-corrected chi connectivity index (χ1v) is 11.5. The second-order valence-electron chi connectivity index (χ2n) is 7.35. The van der Waals surface area contributed by atoms with E-state index in [1.54, 1.807) is 18.2 Å². The highest BCUT2D eigenvalue weighted by Gasteiger charge is 2.24. The lowest BCUT2D eigenvalue weighted by atomic mass is 10.1. The molecule has 2 aliphatic rings. The summed E-state index contributed by atoms with van der Waals surface area (Å²) in [6.45, 7) is 2.13. The number of carbonyl (C=O) groups is 1. The van der Waals surface area contributed by atoms with E-state index in [1.807, 2.05) is 24.4 Å². The number of benzene rings is 2. The van der Waals surface area contributed by atoms with Crippen LogP contribution in [-0.4, -0.2) is 29.1 Å². The van der Waals surface area contributed by atoms with Gasteiger partial charge in [-0.3, -0.25) is 9.78 Å². The summed E-state index contributed by atoms with van der Waals surface area (Å²) in [4.78, 5) is 24.4. The predicted octanol–water partition coefficient (Wildman–Crippen LogP) is 6.03. The van der Waals surface area contributed by atoms with E-state index in [4.69, 9.17) is 23.2 Å². The first kappa shape index (κ1) is 20.4. The number of para-hydroxylation sites is 1. The van der Waals surface area contributed by atoms with Crippen molar-refractivity contribution in [2.24, 2.45) is 4.99 Å². The molecule has 3 heterocycles. The van der Waals surface area contributed by atoms with Crippen LogP contribution >= 0.6 is 35.0 Å². The second kappa shape index (κ2) is 8.54. The first-order valence-electron chi connectivity index (χ1n) is 9.96. The number of aliphatic imine (C=N–C) groups is 1. The zero-order chi connectivity index (χ0) is 21.4. The number of nitrogens with zero attached hydrogens (tertiary/aromatic N) is 3. The molecule has 1 aromatic heterocycles. The molecule has 0 bridgehead atoms. The number of aromatic nitrogens is 1. The van der Waals surface area contributed by atoms with E-state index >= 15 is 0 Å². The van der Waals surface area contributed by atoms with E-state index in [0.29, 0.717) is 25.8 Å². The van der Waals surface area contributed by atoms with Gasteiger partial charge in [0.2, 0.25) is 0 Å². The van der Waals surface area contributed by atoms with Crippen molar-refractivity contribution in [3.05, 3.63) is 69.2 Å². The molecule has 8 heteroatoms. The van der Waals surface area contributed by atoms with Crippen LogP contribution in [0.2, 0.25) is 10.0 Å². The number of halogens is 2. The normalized spacial score (nSPS) is 19.0. The number of amides is 1. The van der Waals surface area contributed by atoms with Crippen LogP contribution in [0.5, 0.6) is 0 Å². The highest BCUT2D eigenvalue weighted by molar-refractivity contribution is 8.18. The predicted molar refractivity (Wildman–Crippen MR) is 130 cm³/mol. The number of hydrogen-bond donors (Lipinski definition) is 1. The van der Waals surface area contributed by atoms with Crippen molar-refractivity contribution in [1.29, 1.82) is 0 Å². The van der Waals surface area contributed by atoms with Crippen molar-refractivity contribution >= 4 is 74.4 Å². The SMILES string of the molecule is O=C1NC(=Nc2c(Cl)cccc2Cl)SC1=Cc1ccc2nccc(N3CCCC3)c2c1. The highest BCUT2D eigenvalue weighted by Crippen LogP contribution is 2.36. The average Bonchev–Trinajstić information content (AvgIpc) is 3.41. The molecule has 1 N–H and O–H groups in total. The summed E-state index contributed by atoms with van der Waals surface area (Å²) in [5.41, 5.74) is 3.53. The van der Waals surface area contributed by atoms with Gasteiger partial charge in [0.1, 0.15) is 5.69 Å². The molecule has 2 aliphatic heterocycles. The molecule has 0 radical (unpaired) electrons. The van der Waals surface area contributed by atoms with Gasteiger partial charge in [-0.05, 0) is 66.6 Å². The minimum Gasteiger partial charge on any atom is -0.371 e. The smallest absolute Gasteiger partial charge is 0.264 e. The molecule has 0 spiro atoms. The molecule has 0 saturated carbocycles. The van der Waals surface area contributed by atoms with E-state index in [1.165, 1.54) is 30.3 Å². The van der Waals surface area contributed by atoms with Crippen molar-refractivity contribution in [3.63, 3.8) is 0 Å². The van der Waals surface area contributed by atoms with Crippen LogP contribution in [0.3, 0.4) is 0 Å². The van der Waals surface area contributed by atoms with Gasteiger partial charge in [0, 0.05) is 30.4 Å². The molecule has 156 valence electrons. The number of nitrogens with one attached hydrogen (secondary N) is 1. The lowest BCUT2D eigenvalue weighted by molar-refractivity contribution is -0.115. The third-order valence-electron chi connectivity index (χ3n) is 5.29. The molecule has 1 amide bonds. The molecule has 0 unspecified atom stereocenters. The number of amidine groups is 1. The van der Waals surface area contributed by atoms with Gasteiger partial charge in [0.05, 0.1) is 20.5 Å². The molecule has 0 atom stereocenters. The van der Waals surface area contributed by atoms with E-state index in [2.05, 4.69) is 32.3 Å². The molecule has 2 aromatic carbocycles. The third kappa shape index (κ3) is 4.15. The fraction of sp³-hybridized carbons (Fsp3) is 0.174. The number of thioether (sulfide) groups is 1. The van der Waals surface area contributed by atoms with Crippen LogP contribution in [0, 0.1) is 0 Å². The summed E-state index contributed by atoms with van der Waals surface area (Å²) in [6.07, 6.45) is 6.15. The van der Waals surface area contributed by atoms with E-state index in [-0.39, 0.29) is 5.91 Å². The number of pyridine rings is 1. The Morgan fingerprint density at radius 1 is 1.10 bits per heavy atom. The van der Waals surface area contributed by atoms with Gasteiger partial charge in [-0.1, -0.05) is 35.3 Å². The molecule has 5 rings (SSSR count). The summed E-state index contributed by atoms with van der Waals surface area (Å²) in [6, 6.07) is 13.3. The van der Waals surface area contributed by atoms with Crippen LogP contribution in [-0.2, 0) is 4.79 Å². The summed E-state index contributed by atoms with van der Waals surface area (Å²) < 4.78 is 0. The molecule has 3 aromatic rings. The van der Waals surface area contributed by atoms with Crippen molar-refractivity contribution in [2.75, 3.05) is 18.0 Å².